The second-order valence-electron chi connectivity index (χ2n) is 4.99. The molecule has 0 spiro atoms. The van der Waals surface area contributed by atoms with Crippen LogP contribution in [0, 0.1) is 0 Å². The van der Waals surface area contributed by atoms with Crippen LogP contribution in [0.5, 0.6) is 5.75 Å². The van der Waals surface area contributed by atoms with Gasteiger partial charge in [0.25, 0.3) is 0 Å². The zero-order valence-corrected chi connectivity index (χ0v) is 15.8. The van der Waals surface area contributed by atoms with Gasteiger partial charge in [-0.15, -0.1) is 24.0 Å². The molecule has 1 aromatic rings. The van der Waals surface area contributed by atoms with Gasteiger partial charge in [-0.25, -0.2) is 4.99 Å². The summed E-state index contributed by atoms with van der Waals surface area (Å²) in [5, 5.41) is 6.55. The van der Waals surface area contributed by atoms with Crippen LogP contribution in [0.15, 0.2) is 29.3 Å². The Morgan fingerprint density at radius 3 is 2.67 bits per heavy atom. The molecule has 2 N–H and O–H groups in total. The first-order valence-electron chi connectivity index (χ1n) is 7.42. The Hall–Kier alpha value is -0.980. The van der Waals surface area contributed by atoms with Crippen LogP contribution in [-0.2, 0) is 6.54 Å². The number of ether oxygens (including phenoxy) is 1. The number of aliphatic imine (C=N–C) groups is 1. The third-order valence-electron chi connectivity index (χ3n) is 2.56. The summed E-state index contributed by atoms with van der Waals surface area (Å²) in [6.45, 7) is 10.6. The van der Waals surface area contributed by atoms with Crippen LogP contribution < -0.4 is 15.4 Å². The van der Waals surface area contributed by atoms with Gasteiger partial charge in [0.1, 0.15) is 5.75 Å². The monoisotopic (exact) mass is 405 g/mol. The maximum atomic E-state index is 5.63. The van der Waals surface area contributed by atoms with Gasteiger partial charge in [0.2, 0.25) is 0 Å². The van der Waals surface area contributed by atoms with Crippen LogP contribution in [-0.4, -0.2) is 25.2 Å². The number of hydrogen-bond donors (Lipinski definition) is 2. The number of rotatable bonds is 7. The highest BCUT2D eigenvalue weighted by Gasteiger charge is 2.00. The lowest BCUT2D eigenvalue weighted by molar-refractivity contribution is 0.317. The summed E-state index contributed by atoms with van der Waals surface area (Å²) in [5.74, 6) is 1.77. The molecular weight excluding hydrogens is 377 g/mol. The van der Waals surface area contributed by atoms with Crippen LogP contribution in [0.2, 0.25) is 0 Å². The van der Waals surface area contributed by atoms with Crippen molar-refractivity contribution in [1.82, 2.24) is 10.6 Å². The first-order valence-corrected chi connectivity index (χ1v) is 7.42. The Morgan fingerprint density at radius 1 is 1.29 bits per heavy atom. The van der Waals surface area contributed by atoms with E-state index < -0.39 is 0 Å². The fourth-order valence-corrected chi connectivity index (χ4v) is 1.72. The Bertz CT molecular complexity index is 422. The van der Waals surface area contributed by atoms with Crippen molar-refractivity contribution in [3.8, 4) is 5.75 Å². The van der Waals surface area contributed by atoms with Gasteiger partial charge in [-0.3, -0.25) is 0 Å². The van der Waals surface area contributed by atoms with Crippen molar-refractivity contribution < 1.29 is 4.74 Å². The van der Waals surface area contributed by atoms with Gasteiger partial charge in [0, 0.05) is 12.6 Å². The topological polar surface area (TPSA) is 45.6 Å². The predicted molar refractivity (Wildman–Crippen MR) is 101 cm³/mol. The number of benzene rings is 1. The van der Waals surface area contributed by atoms with Gasteiger partial charge >= 0.3 is 0 Å². The molecule has 0 bridgehead atoms. The minimum Gasteiger partial charge on any atom is -0.494 e. The van der Waals surface area contributed by atoms with Crippen molar-refractivity contribution in [3.05, 3.63) is 29.8 Å². The molecule has 0 aliphatic carbocycles. The number of halogens is 1. The van der Waals surface area contributed by atoms with Crippen molar-refractivity contribution in [3.63, 3.8) is 0 Å². The summed E-state index contributed by atoms with van der Waals surface area (Å²) in [6, 6.07) is 8.49. The minimum absolute atomic E-state index is 0. The summed E-state index contributed by atoms with van der Waals surface area (Å²) >= 11 is 0. The second-order valence-corrected chi connectivity index (χ2v) is 4.99. The Kier molecular flexibility index (Phi) is 11.1. The van der Waals surface area contributed by atoms with Gasteiger partial charge in [-0.1, -0.05) is 19.1 Å². The van der Waals surface area contributed by atoms with Crippen molar-refractivity contribution in [2.45, 2.75) is 46.7 Å². The smallest absolute Gasteiger partial charge is 0.191 e. The summed E-state index contributed by atoms with van der Waals surface area (Å²) in [4.78, 5) is 4.58. The second kappa shape index (κ2) is 11.7. The van der Waals surface area contributed by atoms with Crippen LogP contribution >= 0.6 is 24.0 Å². The van der Waals surface area contributed by atoms with Crippen molar-refractivity contribution in [2.75, 3.05) is 13.2 Å². The summed E-state index contributed by atoms with van der Waals surface area (Å²) < 4.78 is 5.63. The van der Waals surface area contributed by atoms with Gasteiger partial charge in [-0.05, 0) is 44.9 Å². The normalized spacial score (nSPS) is 11.0. The SMILES string of the molecule is CCCOc1cccc(CN=C(NCC)NC(C)C)c1.I. The zero-order chi connectivity index (χ0) is 14.8. The molecule has 4 nitrogen and oxygen atoms in total. The maximum absolute atomic E-state index is 5.63. The Balaban J connectivity index is 0.00000400. The van der Waals surface area contributed by atoms with Crippen LogP contribution in [0.4, 0.5) is 0 Å². The van der Waals surface area contributed by atoms with E-state index in [-0.39, 0.29) is 24.0 Å². The van der Waals surface area contributed by atoms with E-state index in [0.29, 0.717) is 12.6 Å². The van der Waals surface area contributed by atoms with Crippen molar-refractivity contribution in [2.24, 2.45) is 4.99 Å². The Morgan fingerprint density at radius 2 is 2.05 bits per heavy atom. The fourth-order valence-electron chi connectivity index (χ4n) is 1.72. The number of guanidine groups is 1. The highest BCUT2D eigenvalue weighted by Crippen LogP contribution is 2.14. The first-order chi connectivity index (χ1) is 9.65. The molecule has 21 heavy (non-hydrogen) atoms. The molecule has 0 unspecified atom stereocenters. The lowest BCUT2D eigenvalue weighted by Crippen LogP contribution is -2.40. The predicted octanol–water partition coefficient (Wildman–Crippen LogP) is 3.56. The molecule has 0 aromatic heterocycles. The average molecular weight is 405 g/mol. The van der Waals surface area contributed by atoms with E-state index in [9.17, 15) is 0 Å². The van der Waals surface area contributed by atoms with E-state index >= 15 is 0 Å². The van der Waals surface area contributed by atoms with E-state index in [0.717, 1.165) is 36.8 Å². The molecule has 0 heterocycles. The molecule has 0 amide bonds. The van der Waals surface area contributed by atoms with Gasteiger partial charge in [-0.2, -0.15) is 0 Å². The highest BCUT2D eigenvalue weighted by molar-refractivity contribution is 14.0. The van der Waals surface area contributed by atoms with Crippen molar-refractivity contribution >= 4 is 29.9 Å². The molecule has 1 aromatic carbocycles. The fraction of sp³-hybridized carbons (Fsp3) is 0.562. The molecule has 0 aliphatic rings. The lowest BCUT2D eigenvalue weighted by atomic mass is 10.2. The zero-order valence-electron chi connectivity index (χ0n) is 13.5. The molecular formula is C16H28IN3O. The number of nitrogens with zero attached hydrogens (tertiary/aromatic N) is 1. The molecule has 0 saturated carbocycles. The van der Waals surface area contributed by atoms with Crippen molar-refractivity contribution in [1.29, 1.82) is 0 Å². The largest absolute Gasteiger partial charge is 0.494 e. The van der Waals surface area contributed by atoms with Gasteiger partial charge in [0.15, 0.2) is 5.96 Å². The molecule has 1 rings (SSSR count). The molecule has 0 aliphatic heterocycles. The summed E-state index contributed by atoms with van der Waals surface area (Å²) in [6.07, 6.45) is 1.02. The third-order valence-corrected chi connectivity index (χ3v) is 2.56. The standard InChI is InChI=1S/C16H27N3O.HI/c1-5-10-20-15-9-7-8-14(11-15)12-18-16(17-6-2)19-13(3)4;/h7-9,11,13H,5-6,10,12H2,1-4H3,(H2,17,18,19);1H. The quantitative estimate of drug-likeness (QED) is 0.414. The van der Waals surface area contributed by atoms with E-state index in [1.807, 2.05) is 12.1 Å². The lowest BCUT2D eigenvalue weighted by Gasteiger charge is -2.14. The molecule has 0 fully saturated rings. The Labute approximate surface area is 145 Å². The first kappa shape index (κ1) is 20.0. The maximum Gasteiger partial charge on any atom is 0.191 e. The van der Waals surface area contributed by atoms with Crippen LogP contribution in [0.1, 0.15) is 39.7 Å². The molecule has 5 heteroatoms. The number of hydrogen-bond acceptors (Lipinski definition) is 2. The number of nitrogens with one attached hydrogen (secondary N) is 2. The molecule has 0 saturated heterocycles. The van der Waals surface area contributed by atoms with Gasteiger partial charge in [0.05, 0.1) is 13.2 Å². The highest BCUT2D eigenvalue weighted by atomic mass is 127. The molecule has 0 radical (unpaired) electrons. The minimum atomic E-state index is 0. The van der Waals surface area contributed by atoms with Gasteiger partial charge < -0.3 is 15.4 Å². The summed E-state index contributed by atoms with van der Waals surface area (Å²) in [7, 11) is 0. The molecule has 120 valence electrons. The van der Waals surface area contributed by atoms with Crippen LogP contribution in [0.3, 0.4) is 0 Å². The average Bonchev–Trinajstić information content (AvgIpc) is 2.43. The third kappa shape index (κ3) is 8.80. The van der Waals surface area contributed by atoms with E-state index in [1.165, 1.54) is 0 Å². The van der Waals surface area contributed by atoms with Crippen LogP contribution in [0.25, 0.3) is 0 Å². The van der Waals surface area contributed by atoms with E-state index in [2.05, 4.69) is 55.5 Å². The van der Waals surface area contributed by atoms with E-state index in [4.69, 9.17) is 4.74 Å². The van der Waals surface area contributed by atoms with E-state index in [1.54, 1.807) is 0 Å². The molecule has 0 atom stereocenters. The summed E-state index contributed by atoms with van der Waals surface area (Å²) in [5.41, 5.74) is 1.15.